The highest BCUT2D eigenvalue weighted by Gasteiger charge is 2.16. The van der Waals surface area contributed by atoms with Gasteiger partial charge in [-0.25, -0.2) is 4.98 Å². The van der Waals surface area contributed by atoms with Gasteiger partial charge in [-0.3, -0.25) is 0 Å². The zero-order chi connectivity index (χ0) is 18.8. The minimum Gasteiger partial charge on any atom is -0.496 e. The molecule has 0 amide bonds. The van der Waals surface area contributed by atoms with Gasteiger partial charge >= 0.3 is 0 Å². The van der Waals surface area contributed by atoms with E-state index >= 15 is 0 Å². The number of methoxy groups -OCH3 is 1. The Morgan fingerprint density at radius 2 is 2.04 bits per heavy atom. The Labute approximate surface area is 160 Å². The van der Waals surface area contributed by atoms with Crippen LogP contribution in [-0.2, 0) is 17.6 Å². The first-order valence-electron chi connectivity index (χ1n) is 10.6. The predicted molar refractivity (Wildman–Crippen MR) is 109 cm³/mol. The number of aromatic nitrogens is 1. The van der Waals surface area contributed by atoms with Gasteiger partial charge in [0.05, 0.1) is 13.2 Å². The summed E-state index contributed by atoms with van der Waals surface area (Å²) in [5.41, 5.74) is 2.38. The van der Waals surface area contributed by atoms with Crippen LogP contribution < -0.4 is 10.1 Å². The number of nitrogens with one attached hydrogen (secondary N) is 1. The SMILES string of the molecule is CCC(C)CC(CC)OCCCCCc1cc(OC)c2c(n1)NCCC2. The lowest BCUT2D eigenvalue weighted by atomic mass is 10.00. The minimum atomic E-state index is 0.433. The Hall–Kier alpha value is -1.29. The van der Waals surface area contributed by atoms with Crippen molar-refractivity contribution >= 4 is 5.82 Å². The first-order chi connectivity index (χ1) is 12.7. The number of ether oxygens (including phenoxy) is 2. The molecule has 148 valence electrons. The van der Waals surface area contributed by atoms with Crippen LogP contribution >= 0.6 is 0 Å². The second-order valence-electron chi connectivity index (χ2n) is 7.63. The Morgan fingerprint density at radius 3 is 2.77 bits per heavy atom. The number of fused-ring (bicyclic) bond motifs is 1. The predicted octanol–water partition coefficient (Wildman–Crippen LogP) is 5.39. The van der Waals surface area contributed by atoms with Crippen molar-refractivity contribution in [3.8, 4) is 5.75 Å². The summed E-state index contributed by atoms with van der Waals surface area (Å²) in [7, 11) is 1.76. The van der Waals surface area contributed by atoms with Crippen LogP contribution in [0.15, 0.2) is 6.07 Å². The molecule has 2 rings (SSSR count). The number of rotatable bonds is 12. The van der Waals surface area contributed by atoms with Crippen molar-refractivity contribution in [2.45, 2.75) is 84.7 Å². The molecule has 0 saturated heterocycles. The Morgan fingerprint density at radius 1 is 1.19 bits per heavy atom. The van der Waals surface area contributed by atoms with Gasteiger partial charge in [0, 0.05) is 30.5 Å². The molecule has 0 fully saturated rings. The Kier molecular flexibility index (Phi) is 9.24. The van der Waals surface area contributed by atoms with Gasteiger partial charge < -0.3 is 14.8 Å². The molecule has 1 aliphatic rings. The fraction of sp³-hybridized carbons (Fsp3) is 0.773. The highest BCUT2D eigenvalue weighted by Crippen LogP contribution is 2.30. The molecule has 0 aliphatic carbocycles. The van der Waals surface area contributed by atoms with E-state index in [9.17, 15) is 0 Å². The first kappa shape index (κ1) is 21.0. The van der Waals surface area contributed by atoms with Gasteiger partial charge in [0.2, 0.25) is 0 Å². The van der Waals surface area contributed by atoms with Crippen LogP contribution in [0.25, 0.3) is 0 Å². The third-order valence-electron chi connectivity index (χ3n) is 5.50. The smallest absolute Gasteiger partial charge is 0.133 e. The summed E-state index contributed by atoms with van der Waals surface area (Å²) in [6, 6.07) is 2.13. The van der Waals surface area contributed by atoms with E-state index in [-0.39, 0.29) is 0 Å². The van der Waals surface area contributed by atoms with E-state index in [4.69, 9.17) is 14.5 Å². The quantitative estimate of drug-likeness (QED) is 0.506. The molecule has 26 heavy (non-hydrogen) atoms. The van der Waals surface area contributed by atoms with Gasteiger partial charge in [-0.05, 0) is 50.9 Å². The van der Waals surface area contributed by atoms with Crippen LogP contribution in [0.1, 0.15) is 77.0 Å². The van der Waals surface area contributed by atoms with Gasteiger partial charge in [-0.2, -0.15) is 0 Å². The van der Waals surface area contributed by atoms with Crippen molar-refractivity contribution in [1.29, 1.82) is 0 Å². The number of hydrogen-bond donors (Lipinski definition) is 1. The summed E-state index contributed by atoms with van der Waals surface area (Å²) in [6.07, 6.45) is 10.7. The lowest BCUT2D eigenvalue weighted by Crippen LogP contribution is -2.16. The van der Waals surface area contributed by atoms with Gasteiger partial charge in [-0.1, -0.05) is 33.6 Å². The Bertz CT molecular complexity index is 516. The lowest BCUT2D eigenvalue weighted by Gasteiger charge is -2.20. The maximum absolute atomic E-state index is 6.08. The molecule has 2 unspecified atom stereocenters. The largest absolute Gasteiger partial charge is 0.496 e. The average molecular weight is 363 g/mol. The molecular formula is C22H38N2O2. The van der Waals surface area contributed by atoms with Crippen molar-refractivity contribution in [2.24, 2.45) is 5.92 Å². The number of anilines is 1. The van der Waals surface area contributed by atoms with Gasteiger partial charge in [-0.15, -0.1) is 0 Å². The number of hydrogen-bond acceptors (Lipinski definition) is 4. The highest BCUT2D eigenvalue weighted by molar-refractivity contribution is 5.54. The van der Waals surface area contributed by atoms with Crippen molar-refractivity contribution < 1.29 is 9.47 Å². The zero-order valence-corrected chi connectivity index (χ0v) is 17.3. The molecule has 1 N–H and O–H groups in total. The van der Waals surface area contributed by atoms with E-state index < -0.39 is 0 Å². The van der Waals surface area contributed by atoms with E-state index in [0.717, 1.165) is 74.9 Å². The summed E-state index contributed by atoms with van der Waals surface area (Å²) in [6.45, 7) is 8.71. The van der Waals surface area contributed by atoms with E-state index in [2.05, 4.69) is 32.2 Å². The molecule has 0 aromatic carbocycles. The third kappa shape index (κ3) is 6.46. The molecule has 0 saturated carbocycles. The normalized spacial score (nSPS) is 15.8. The highest BCUT2D eigenvalue weighted by atomic mass is 16.5. The standard InChI is InChI=1S/C22H38N2O2/c1-5-17(3)15-19(6-2)26-14-9-7-8-11-18-16-21(25-4)20-12-10-13-23-22(20)24-18/h16-17,19H,5-15H2,1-4H3,(H,23,24). The molecule has 1 aromatic rings. The molecule has 4 nitrogen and oxygen atoms in total. The number of nitrogens with zero attached hydrogens (tertiary/aromatic N) is 1. The van der Waals surface area contributed by atoms with Crippen molar-refractivity contribution in [3.05, 3.63) is 17.3 Å². The maximum Gasteiger partial charge on any atom is 0.133 e. The van der Waals surface area contributed by atoms with Crippen molar-refractivity contribution in [1.82, 2.24) is 4.98 Å². The fourth-order valence-electron chi connectivity index (χ4n) is 3.57. The van der Waals surface area contributed by atoms with Gasteiger partial charge in [0.25, 0.3) is 0 Å². The molecule has 1 aromatic heterocycles. The van der Waals surface area contributed by atoms with E-state index in [0.29, 0.717) is 6.10 Å². The zero-order valence-electron chi connectivity index (χ0n) is 17.3. The summed E-state index contributed by atoms with van der Waals surface area (Å²) in [5, 5.41) is 3.42. The summed E-state index contributed by atoms with van der Waals surface area (Å²) >= 11 is 0. The topological polar surface area (TPSA) is 43.4 Å². The number of aryl methyl sites for hydroxylation is 1. The maximum atomic E-state index is 6.08. The summed E-state index contributed by atoms with van der Waals surface area (Å²) in [5.74, 6) is 2.79. The van der Waals surface area contributed by atoms with Crippen LogP contribution in [0.5, 0.6) is 5.75 Å². The monoisotopic (exact) mass is 362 g/mol. The van der Waals surface area contributed by atoms with Crippen LogP contribution in [-0.4, -0.2) is 31.3 Å². The van der Waals surface area contributed by atoms with E-state index in [1.807, 2.05) is 0 Å². The van der Waals surface area contributed by atoms with Crippen molar-refractivity contribution in [3.63, 3.8) is 0 Å². The third-order valence-corrected chi connectivity index (χ3v) is 5.50. The molecule has 4 heteroatoms. The molecular weight excluding hydrogens is 324 g/mol. The first-order valence-corrected chi connectivity index (χ1v) is 10.6. The summed E-state index contributed by atoms with van der Waals surface area (Å²) in [4.78, 5) is 4.80. The molecule has 0 radical (unpaired) electrons. The second kappa shape index (κ2) is 11.4. The molecule has 2 atom stereocenters. The number of unbranched alkanes of at least 4 members (excludes halogenated alkanes) is 2. The van der Waals surface area contributed by atoms with Crippen LogP contribution in [0.4, 0.5) is 5.82 Å². The van der Waals surface area contributed by atoms with Gasteiger partial charge in [0.1, 0.15) is 11.6 Å². The van der Waals surface area contributed by atoms with Crippen molar-refractivity contribution in [2.75, 3.05) is 25.6 Å². The number of pyridine rings is 1. The van der Waals surface area contributed by atoms with E-state index in [1.54, 1.807) is 7.11 Å². The molecule has 0 spiro atoms. The second-order valence-corrected chi connectivity index (χ2v) is 7.63. The fourth-order valence-corrected chi connectivity index (χ4v) is 3.57. The van der Waals surface area contributed by atoms with Crippen LogP contribution in [0.2, 0.25) is 0 Å². The molecule has 1 aliphatic heterocycles. The average Bonchev–Trinajstić information content (AvgIpc) is 2.68. The Balaban J connectivity index is 1.70. The molecule has 0 bridgehead atoms. The van der Waals surface area contributed by atoms with Crippen LogP contribution in [0.3, 0.4) is 0 Å². The van der Waals surface area contributed by atoms with Gasteiger partial charge in [0.15, 0.2) is 0 Å². The van der Waals surface area contributed by atoms with Crippen LogP contribution in [0, 0.1) is 5.92 Å². The lowest BCUT2D eigenvalue weighted by molar-refractivity contribution is 0.0326. The van der Waals surface area contributed by atoms with E-state index in [1.165, 1.54) is 24.8 Å². The summed E-state index contributed by atoms with van der Waals surface area (Å²) < 4.78 is 11.7. The molecule has 2 heterocycles. The minimum absolute atomic E-state index is 0.433.